The molecule has 5 nitrogen and oxygen atoms in total. The lowest BCUT2D eigenvalue weighted by Gasteiger charge is -2.07. The number of aryl methyl sites for hydroxylation is 3. The minimum Gasteiger partial charge on any atom is -0.300 e. The molecule has 0 aliphatic rings. The minimum absolute atomic E-state index is 0.101. The van der Waals surface area contributed by atoms with Crippen molar-refractivity contribution in [3.8, 4) is 0 Å². The summed E-state index contributed by atoms with van der Waals surface area (Å²) in [6.45, 7) is 5.94. The third kappa shape index (κ3) is 3.86. The maximum Gasteiger partial charge on any atom is 0.236 e. The Morgan fingerprint density at radius 2 is 2.04 bits per heavy atom. The van der Waals surface area contributed by atoms with Crippen molar-refractivity contribution in [2.45, 2.75) is 25.8 Å². The number of benzene rings is 1. The Hall–Kier alpha value is -1.99. The molecule has 0 atom stereocenters. The van der Waals surface area contributed by atoms with Crippen LogP contribution in [0, 0.1) is 20.8 Å². The summed E-state index contributed by atoms with van der Waals surface area (Å²) >= 11 is 2.80. The number of thioether (sulfide) groups is 1. The van der Waals surface area contributed by atoms with Gasteiger partial charge in [-0.3, -0.25) is 10.1 Å². The van der Waals surface area contributed by atoms with Crippen molar-refractivity contribution < 1.29 is 4.79 Å². The average Bonchev–Trinajstić information content (AvgIpc) is 2.90. The molecule has 1 N–H and O–H groups in total. The molecule has 7 heteroatoms. The van der Waals surface area contributed by atoms with Gasteiger partial charge in [0.15, 0.2) is 0 Å². The Kier molecular flexibility index (Phi) is 4.58. The van der Waals surface area contributed by atoms with Crippen molar-refractivity contribution in [1.29, 1.82) is 0 Å². The number of rotatable bonds is 4. The summed E-state index contributed by atoms with van der Waals surface area (Å²) in [5.74, 6) is 0.195. The van der Waals surface area contributed by atoms with Crippen molar-refractivity contribution in [2.75, 3.05) is 11.1 Å². The number of anilines is 1. The zero-order chi connectivity index (χ0) is 16.4. The smallest absolute Gasteiger partial charge is 0.236 e. The lowest BCUT2D eigenvalue weighted by atomic mass is 10.1. The highest BCUT2D eigenvalue weighted by molar-refractivity contribution is 8.00. The van der Waals surface area contributed by atoms with E-state index < -0.39 is 0 Å². The quantitative estimate of drug-likeness (QED) is 0.730. The topological polar surface area (TPSA) is 67.8 Å². The fourth-order valence-electron chi connectivity index (χ4n) is 2.17. The van der Waals surface area contributed by atoms with E-state index in [0.29, 0.717) is 10.9 Å². The molecule has 0 bridgehead atoms. The molecule has 118 valence electrons. The molecule has 0 saturated carbocycles. The highest BCUT2D eigenvalue weighted by Crippen LogP contribution is 2.25. The molecular formula is C16H16N4OS2. The fraction of sp³-hybridized carbons (Fsp3) is 0.250. The van der Waals surface area contributed by atoms with E-state index in [1.165, 1.54) is 28.7 Å². The first kappa shape index (κ1) is 15.9. The average molecular weight is 344 g/mol. The van der Waals surface area contributed by atoms with Gasteiger partial charge >= 0.3 is 0 Å². The third-order valence-corrected chi connectivity index (χ3v) is 5.07. The molecule has 0 saturated heterocycles. The summed E-state index contributed by atoms with van der Waals surface area (Å²) < 4.78 is 0. The van der Waals surface area contributed by atoms with Gasteiger partial charge in [0.05, 0.1) is 11.3 Å². The summed E-state index contributed by atoms with van der Waals surface area (Å²) in [4.78, 5) is 16.7. The second-order valence-corrected chi connectivity index (χ2v) is 7.42. The number of aromatic nitrogens is 3. The minimum atomic E-state index is -0.101. The number of amides is 1. The molecule has 0 spiro atoms. The van der Waals surface area contributed by atoms with Gasteiger partial charge in [0.2, 0.25) is 11.0 Å². The van der Waals surface area contributed by atoms with E-state index in [4.69, 9.17) is 0 Å². The van der Waals surface area contributed by atoms with Crippen LogP contribution < -0.4 is 5.32 Å². The van der Waals surface area contributed by atoms with Crippen molar-refractivity contribution in [3.63, 3.8) is 0 Å². The van der Waals surface area contributed by atoms with Gasteiger partial charge in [-0.2, -0.15) is 0 Å². The monoisotopic (exact) mass is 344 g/mol. The second kappa shape index (κ2) is 6.64. The van der Waals surface area contributed by atoms with Crippen LogP contribution in [0.3, 0.4) is 0 Å². The highest BCUT2D eigenvalue weighted by atomic mass is 32.2. The van der Waals surface area contributed by atoms with Crippen LogP contribution in [0.25, 0.3) is 10.9 Å². The summed E-state index contributed by atoms with van der Waals surface area (Å²) in [6.07, 6.45) is 0. The normalized spacial score (nSPS) is 10.9. The Labute approximate surface area is 142 Å². The predicted molar refractivity (Wildman–Crippen MR) is 95.2 cm³/mol. The predicted octanol–water partition coefficient (Wildman–Crippen LogP) is 3.74. The van der Waals surface area contributed by atoms with Crippen molar-refractivity contribution in [3.05, 3.63) is 40.4 Å². The number of carbonyl (C=O) groups excluding carboxylic acids is 1. The third-order valence-electron chi connectivity index (χ3n) is 3.23. The molecule has 3 rings (SSSR count). The lowest BCUT2D eigenvalue weighted by molar-refractivity contribution is -0.113. The number of nitrogens with one attached hydrogen (secondary N) is 1. The molecule has 0 unspecified atom stereocenters. The van der Waals surface area contributed by atoms with E-state index in [-0.39, 0.29) is 5.91 Å². The summed E-state index contributed by atoms with van der Waals surface area (Å²) in [5, 5.41) is 13.9. The van der Waals surface area contributed by atoms with Gasteiger partial charge in [-0.1, -0.05) is 34.7 Å². The Balaban J connectivity index is 1.70. The zero-order valence-corrected chi connectivity index (χ0v) is 14.7. The van der Waals surface area contributed by atoms with Crippen LogP contribution in [0.4, 0.5) is 5.13 Å². The maximum absolute atomic E-state index is 12.0. The highest BCUT2D eigenvalue weighted by Gasteiger charge is 2.10. The Morgan fingerprint density at radius 3 is 2.78 bits per heavy atom. The van der Waals surface area contributed by atoms with Crippen LogP contribution in [0.2, 0.25) is 0 Å². The van der Waals surface area contributed by atoms with E-state index >= 15 is 0 Å². The molecular weight excluding hydrogens is 328 g/mol. The van der Waals surface area contributed by atoms with E-state index in [0.717, 1.165) is 26.5 Å². The van der Waals surface area contributed by atoms with Crippen molar-refractivity contribution in [1.82, 2.24) is 15.2 Å². The summed E-state index contributed by atoms with van der Waals surface area (Å²) in [6, 6.07) is 8.29. The first-order chi connectivity index (χ1) is 11.0. The number of fused-ring (bicyclic) bond motifs is 1. The molecule has 0 aliphatic heterocycles. The van der Waals surface area contributed by atoms with Crippen LogP contribution in [-0.4, -0.2) is 26.8 Å². The van der Waals surface area contributed by atoms with E-state index in [2.05, 4.69) is 39.6 Å². The Bertz CT molecular complexity index is 876. The molecule has 0 radical (unpaired) electrons. The van der Waals surface area contributed by atoms with Gasteiger partial charge in [-0.05, 0) is 44.5 Å². The molecule has 1 aromatic carbocycles. The second-order valence-electron chi connectivity index (χ2n) is 5.27. The van der Waals surface area contributed by atoms with E-state index in [1.54, 1.807) is 0 Å². The molecule has 0 aliphatic carbocycles. The van der Waals surface area contributed by atoms with Crippen molar-refractivity contribution >= 4 is 45.0 Å². The van der Waals surface area contributed by atoms with E-state index in [9.17, 15) is 4.79 Å². The summed E-state index contributed by atoms with van der Waals surface area (Å²) in [7, 11) is 0. The van der Waals surface area contributed by atoms with E-state index in [1.807, 2.05) is 26.0 Å². The van der Waals surface area contributed by atoms with Crippen LogP contribution in [0.5, 0.6) is 0 Å². The zero-order valence-electron chi connectivity index (χ0n) is 13.1. The number of nitrogens with zero attached hydrogens (tertiary/aromatic N) is 3. The van der Waals surface area contributed by atoms with Crippen LogP contribution in [0.15, 0.2) is 29.3 Å². The van der Waals surface area contributed by atoms with Crippen LogP contribution in [0.1, 0.15) is 16.1 Å². The fourth-order valence-corrected chi connectivity index (χ4v) is 3.56. The molecule has 23 heavy (non-hydrogen) atoms. The number of hydrogen-bond acceptors (Lipinski definition) is 6. The number of carbonyl (C=O) groups is 1. The van der Waals surface area contributed by atoms with Gasteiger partial charge in [0.1, 0.15) is 10.0 Å². The van der Waals surface area contributed by atoms with Gasteiger partial charge in [0.25, 0.3) is 0 Å². The van der Waals surface area contributed by atoms with Crippen LogP contribution >= 0.6 is 23.1 Å². The van der Waals surface area contributed by atoms with Gasteiger partial charge in [-0.25, -0.2) is 4.98 Å². The molecule has 2 heterocycles. The van der Waals surface area contributed by atoms with Gasteiger partial charge in [0, 0.05) is 5.39 Å². The van der Waals surface area contributed by atoms with Crippen LogP contribution in [-0.2, 0) is 4.79 Å². The van der Waals surface area contributed by atoms with Crippen molar-refractivity contribution in [2.24, 2.45) is 0 Å². The molecule has 0 fully saturated rings. The standard InChI is InChI=1S/C16H16N4OS2/c1-9-4-5-13-12(6-9)7-10(2)15(17-13)22-8-14(21)18-16-20-19-11(3)23-16/h4-7H,8H2,1-3H3,(H,18,20,21). The first-order valence-electron chi connectivity index (χ1n) is 7.12. The van der Waals surface area contributed by atoms with Gasteiger partial charge in [-0.15, -0.1) is 10.2 Å². The number of hydrogen-bond donors (Lipinski definition) is 1. The maximum atomic E-state index is 12.0. The SMILES string of the molecule is Cc1ccc2nc(SCC(=O)Nc3nnc(C)s3)c(C)cc2c1. The largest absolute Gasteiger partial charge is 0.300 e. The Morgan fingerprint density at radius 1 is 1.22 bits per heavy atom. The molecule has 2 aromatic heterocycles. The number of pyridine rings is 1. The first-order valence-corrected chi connectivity index (χ1v) is 8.92. The molecule has 3 aromatic rings. The summed E-state index contributed by atoms with van der Waals surface area (Å²) in [5.41, 5.74) is 3.24. The molecule has 1 amide bonds. The lowest BCUT2D eigenvalue weighted by Crippen LogP contribution is -2.14. The van der Waals surface area contributed by atoms with Gasteiger partial charge < -0.3 is 0 Å².